The van der Waals surface area contributed by atoms with Crippen LogP contribution in [0.25, 0.3) is 0 Å². The zero-order valence-electron chi connectivity index (χ0n) is 17.4. The van der Waals surface area contributed by atoms with Gasteiger partial charge >= 0.3 is 0 Å². The highest BCUT2D eigenvalue weighted by Gasteiger charge is 2.21. The third kappa shape index (κ3) is 11.0. The Morgan fingerprint density at radius 2 is 1.74 bits per heavy atom. The standard InChI is InChI=1S/C24H35O2Si/c1-5-8-19-27(20-9-6-2)26-24(22(4)14-7-3)17-13-18-25-21-23-15-11-10-12-16-23/h5-6,8-12,15-16,22,24H,13,17-21H2,1-4H3/b8-5-,9-6+/t22-,24-/m1/s1. The molecular formula is C24H35O2Si. The van der Waals surface area contributed by atoms with Gasteiger partial charge in [0.2, 0.25) is 9.04 Å². The molecule has 0 unspecified atom stereocenters. The van der Waals surface area contributed by atoms with Crippen LogP contribution < -0.4 is 0 Å². The third-order valence-corrected chi connectivity index (χ3v) is 6.32. The van der Waals surface area contributed by atoms with Gasteiger partial charge in [0.1, 0.15) is 0 Å². The predicted molar refractivity (Wildman–Crippen MR) is 118 cm³/mol. The molecule has 0 bridgehead atoms. The van der Waals surface area contributed by atoms with Crippen LogP contribution in [0.15, 0.2) is 54.6 Å². The van der Waals surface area contributed by atoms with Crippen molar-refractivity contribution in [2.75, 3.05) is 6.61 Å². The van der Waals surface area contributed by atoms with Crippen molar-refractivity contribution in [1.82, 2.24) is 0 Å². The molecule has 0 amide bonds. The summed E-state index contributed by atoms with van der Waals surface area (Å²) in [5, 5.41) is 0. The fourth-order valence-electron chi connectivity index (χ4n) is 2.77. The van der Waals surface area contributed by atoms with Crippen molar-refractivity contribution in [3.05, 3.63) is 60.2 Å². The maximum Gasteiger partial charge on any atom is 0.219 e. The fourth-order valence-corrected chi connectivity index (χ4v) is 4.88. The van der Waals surface area contributed by atoms with E-state index in [1.807, 2.05) is 25.1 Å². The summed E-state index contributed by atoms with van der Waals surface area (Å²) in [6.07, 6.45) is 10.9. The van der Waals surface area contributed by atoms with Crippen LogP contribution in [0.5, 0.6) is 0 Å². The molecule has 0 heterocycles. The molecule has 3 heteroatoms. The van der Waals surface area contributed by atoms with Gasteiger partial charge in [-0.05, 0) is 58.2 Å². The van der Waals surface area contributed by atoms with E-state index >= 15 is 0 Å². The Labute approximate surface area is 168 Å². The first-order valence-electron chi connectivity index (χ1n) is 9.98. The van der Waals surface area contributed by atoms with Crippen LogP contribution in [0.2, 0.25) is 12.1 Å². The lowest BCUT2D eigenvalue weighted by Gasteiger charge is -2.25. The van der Waals surface area contributed by atoms with Crippen molar-refractivity contribution in [2.24, 2.45) is 5.92 Å². The Kier molecular flexibility index (Phi) is 13.4. The number of allylic oxidation sites excluding steroid dienone is 4. The Balaban J connectivity index is 2.52. The minimum Gasteiger partial charge on any atom is -0.412 e. The monoisotopic (exact) mass is 383 g/mol. The fraction of sp³-hybridized carbons (Fsp3) is 0.500. The van der Waals surface area contributed by atoms with Crippen LogP contribution in [0.1, 0.15) is 46.1 Å². The van der Waals surface area contributed by atoms with Crippen molar-refractivity contribution >= 4 is 9.04 Å². The maximum atomic E-state index is 6.58. The summed E-state index contributed by atoms with van der Waals surface area (Å²) in [6.45, 7) is 9.66. The first kappa shape index (κ1) is 23.4. The van der Waals surface area contributed by atoms with E-state index in [1.54, 1.807) is 0 Å². The van der Waals surface area contributed by atoms with Gasteiger partial charge in [0.25, 0.3) is 0 Å². The average molecular weight is 384 g/mol. The molecule has 0 N–H and O–H groups in total. The third-order valence-electron chi connectivity index (χ3n) is 4.30. The summed E-state index contributed by atoms with van der Waals surface area (Å²) in [5.74, 6) is 6.60. The lowest BCUT2D eigenvalue weighted by atomic mass is 10.0. The second-order valence-electron chi connectivity index (χ2n) is 6.60. The normalized spacial score (nSPS) is 13.8. The summed E-state index contributed by atoms with van der Waals surface area (Å²) < 4.78 is 12.4. The molecule has 2 atom stereocenters. The maximum absolute atomic E-state index is 6.58. The SMILES string of the molecule is CC#C[C@@H](C)[C@@H](CCCOCc1ccccc1)O[Si](C/C=C\C)C/C=C/C. The van der Waals surface area contributed by atoms with Gasteiger partial charge in [-0.1, -0.05) is 60.6 Å². The highest BCUT2D eigenvalue weighted by atomic mass is 28.3. The van der Waals surface area contributed by atoms with Crippen LogP contribution in [0.4, 0.5) is 0 Å². The van der Waals surface area contributed by atoms with E-state index in [0.717, 1.165) is 31.5 Å². The molecule has 0 aromatic heterocycles. The van der Waals surface area contributed by atoms with Gasteiger partial charge in [0.15, 0.2) is 0 Å². The van der Waals surface area contributed by atoms with Crippen molar-refractivity contribution in [1.29, 1.82) is 0 Å². The second-order valence-corrected chi connectivity index (χ2v) is 8.73. The molecular weight excluding hydrogens is 348 g/mol. The minimum absolute atomic E-state index is 0.183. The first-order valence-corrected chi connectivity index (χ1v) is 11.8. The highest BCUT2D eigenvalue weighted by Crippen LogP contribution is 2.18. The molecule has 2 nitrogen and oxygen atoms in total. The van der Waals surface area contributed by atoms with Crippen LogP contribution in [-0.2, 0) is 15.8 Å². The topological polar surface area (TPSA) is 18.5 Å². The zero-order valence-corrected chi connectivity index (χ0v) is 18.4. The molecule has 1 rings (SSSR count). The van der Waals surface area contributed by atoms with Gasteiger partial charge in [-0.25, -0.2) is 0 Å². The van der Waals surface area contributed by atoms with Crippen LogP contribution in [0.3, 0.4) is 0 Å². The summed E-state index contributed by atoms with van der Waals surface area (Å²) in [6, 6.07) is 12.4. The van der Waals surface area contributed by atoms with Crippen molar-refractivity contribution in [3.8, 4) is 11.8 Å². The van der Waals surface area contributed by atoms with Gasteiger partial charge in [-0.15, -0.1) is 5.92 Å². The van der Waals surface area contributed by atoms with E-state index in [-0.39, 0.29) is 12.0 Å². The molecule has 147 valence electrons. The van der Waals surface area contributed by atoms with Crippen molar-refractivity contribution in [2.45, 2.75) is 65.3 Å². The summed E-state index contributed by atoms with van der Waals surface area (Å²) >= 11 is 0. The smallest absolute Gasteiger partial charge is 0.219 e. The zero-order chi connectivity index (χ0) is 19.7. The molecule has 0 fully saturated rings. The number of rotatable bonds is 13. The minimum atomic E-state index is -0.898. The number of benzene rings is 1. The van der Waals surface area contributed by atoms with E-state index in [2.05, 4.69) is 69.0 Å². The molecule has 1 aromatic carbocycles. The lowest BCUT2D eigenvalue weighted by molar-refractivity contribution is 0.0953. The van der Waals surface area contributed by atoms with Gasteiger partial charge < -0.3 is 9.16 Å². The quantitative estimate of drug-likeness (QED) is 0.175. The van der Waals surface area contributed by atoms with Crippen LogP contribution >= 0.6 is 0 Å². The van der Waals surface area contributed by atoms with Crippen LogP contribution in [-0.4, -0.2) is 21.8 Å². The second kappa shape index (κ2) is 15.5. The van der Waals surface area contributed by atoms with Crippen LogP contribution in [0, 0.1) is 17.8 Å². The molecule has 1 radical (unpaired) electrons. The number of hydrogen-bond donors (Lipinski definition) is 0. The Hall–Kier alpha value is -1.60. The Morgan fingerprint density at radius 1 is 1.07 bits per heavy atom. The Bertz CT molecular complexity index is 584. The molecule has 0 saturated carbocycles. The first-order chi connectivity index (χ1) is 13.2. The summed E-state index contributed by atoms with van der Waals surface area (Å²) in [4.78, 5) is 0. The summed E-state index contributed by atoms with van der Waals surface area (Å²) in [5.41, 5.74) is 1.22. The molecule has 1 aromatic rings. The largest absolute Gasteiger partial charge is 0.412 e. The van der Waals surface area contributed by atoms with E-state index in [0.29, 0.717) is 6.61 Å². The van der Waals surface area contributed by atoms with Gasteiger partial charge in [-0.3, -0.25) is 0 Å². The lowest BCUT2D eigenvalue weighted by Crippen LogP contribution is -2.30. The van der Waals surface area contributed by atoms with Crippen molar-refractivity contribution < 1.29 is 9.16 Å². The van der Waals surface area contributed by atoms with Gasteiger partial charge in [0, 0.05) is 12.5 Å². The number of ether oxygens (including phenoxy) is 1. The van der Waals surface area contributed by atoms with Crippen molar-refractivity contribution in [3.63, 3.8) is 0 Å². The van der Waals surface area contributed by atoms with Gasteiger partial charge in [0.05, 0.1) is 12.7 Å². The molecule has 0 aliphatic heterocycles. The molecule has 27 heavy (non-hydrogen) atoms. The molecule has 0 aliphatic rings. The van der Waals surface area contributed by atoms with E-state index < -0.39 is 9.04 Å². The molecule has 0 spiro atoms. The van der Waals surface area contributed by atoms with E-state index in [4.69, 9.17) is 9.16 Å². The number of hydrogen-bond acceptors (Lipinski definition) is 2. The summed E-state index contributed by atoms with van der Waals surface area (Å²) in [7, 11) is -0.898. The highest BCUT2D eigenvalue weighted by molar-refractivity contribution is 6.53. The van der Waals surface area contributed by atoms with E-state index in [9.17, 15) is 0 Å². The van der Waals surface area contributed by atoms with E-state index in [1.165, 1.54) is 5.56 Å². The Morgan fingerprint density at radius 3 is 2.33 bits per heavy atom. The average Bonchev–Trinajstić information content (AvgIpc) is 2.69. The molecule has 0 saturated heterocycles. The molecule has 0 aliphatic carbocycles. The predicted octanol–water partition coefficient (Wildman–Crippen LogP) is 6.17. The van der Waals surface area contributed by atoms with Gasteiger partial charge in [-0.2, -0.15) is 0 Å².